The maximum atomic E-state index is 12.0. The monoisotopic (exact) mass is 218 g/mol. The molecule has 1 nitrogen and oxygen atoms in total. The van der Waals surface area contributed by atoms with E-state index in [0.29, 0.717) is 23.0 Å². The van der Waals surface area contributed by atoms with Gasteiger partial charge in [0.2, 0.25) is 0 Å². The first-order valence-corrected chi connectivity index (χ1v) is 6.29. The van der Waals surface area contributed by atoms with Crippen molar-refractivity contribution in [2.75, 3.05) is 0 Å². The van der Waals surface area contributed by atoms with Gasteiger partial charge < -0.3 is 0 Å². The van der Waals surface area contributed by atoms with E-state index in [9.17, 15) is 4.79 Å². The Morgan fingerprint density at radius 2 is 2.12 bits per heavy atom. The normalized spacial score (nSPS) is 37.3. The molecule has 0 radical (unpaired) electrons. The molecule has 1 saturated carbocycles. The third-order valence-electron chi connectivity index (χ3n) is 4.52. The maximum absolute atomic E-state index is 12.0. The molecular formula is C15H22O. The van der Waals surface area contributed by atoms with Crippen molar-refractivity contribution < 1.29 is 4.79 Å². The van der Waals surface area contributed by atoms with Crippen molar-refractivity contribution in [2.24, 2.45) is 17.3 Å². The summed E-state index contributed by atoms with van der Waals surface area (Å²) in [4.78, 5) is 12.0. The predicted octanol–water partition coefficient (Wildman–Crippen LogP) is 3.90. The summed E-state index contributed by atoms with van der Waals surface area (Å²) in [5.41, 5.74) is 2.65. The molecule has 1 fully saturated rings. The zero-order valence-electron chi connectivity index (χ0n) is 10.7. The summed E-state index contributed by atoms with van der Waals surface area (Å²) in [5, 5.41) is 0. The van der Waals surface area contributed by atoms with Crippen LogP contribution in [0.25, 0.3) is 0 Å². The molecule has 16 heavy (non-hydrogen) atoms. The molecule has 1 heteroatoms. The summed E-state index contributed by atoms with van der Waals surface area (Å²) < 4.78 is 0. The van der Waals surface area contributed by atoms with E-state index >= 15 is 0 Å². The summed E-state index contributed by atoms with van der Waals surface area (Å²) in [7, 11) is 0. The van der Waals surface area contributed by atoms with Gasteiger partial charge in [-0.25, -0.2) is 0 Å². The molecule has 0 bridgehead atoms. The smallest absolute Gasteiger partial charge is 0.158 e. The Morgan fingerprint density at radius 3 is 2.75 bits per heavy atom. The van der Waals surface area contributed by atoms with Crippen molar-refractivity contribution in [3.05, 3.63) is 23.8 Å². The molecule has 0 aromatic rings. The van der Waals surface area contributed by atoms with Crippen LogP contribution >= 0.6 is 0 Å². The minimum atomic E-state index is 0.327. The molecule has 0 aliphatic heterocycles. The fourth-order valence-electron chi connectivity index (χ4n) is 3.23. The number of carbonyl (C=O) groups is 1. The van der Waals surface area contributed by atoms with Gasteiger partial charge in [-0.3, -0.25) is 4.79 Å². The van der Waals surface area contributed by atoms with Crippen LogP contribution in [0.1, 0.15) is 46.5 Å². The van der Waals surface area contributed by atoms with Gasteiger partial charge in [0, 0.05) is 6.42 Å². The van der Waals surface area contributed by atoms with Crippen molar-refractivity contribution >= 4 is 5.78 Å². The zero-order chi connectivity index (χ0) is 11.9. The number of fused-ring (bicyclic) bond motifs is 1. The van der Waals surface area contributed by atoms with E-state index in [-0.39, 0.29) is 0 Å². The number of hydrogen-bond acceptors (Lipinski definition) is 1. The molecule has 0 unspecified atom stereocenters. The SMILES string of the molecule is C=C1CC/C=C(\C)C(=O)C[C@H]2[C@H]1CC2(C)C. The van der Waals surface area contributed by atoms with Gasteiger partial charge in [-0.2, -0.15) is 0 Å². The molecule has 0 amide bonds. The van der Waals surface area contributed by atoms with E-state index in [1.165, 1.54) is 12.0 Å². The van der Waals surface area contributed by atoms with Crippen LogP contribution in [0.4, 0.5) is 0 Å². The Labute approximate surface area is 98.6 Å². The number of carbonyl (C=O) groups excluding carboxylic acids is 1. The summed E-state index contributed by atoms with van der Waals surface area (Å²) >= 11 is 0. The number of hydrogen-bond donors (Lipinski definition) is 0. The summed E-state index contributed by atoms with van der Waals surface area (Å²) in [5.74, 6) is 1.46. The van der Waals surface area contributed by atoms with Gasteiger partial charge in [0.15, 0.2) is 5.78 Å². The van der Waals surface area contributed by atoms with Crippen LogP contribution in [0.15, 0.2) is 23.8 Å². The van der Waals surface area contributed by atoms with Gasteiger partial charge >= 0.3 is 0 Å². The van der Waals surface area contributed by atoms with Crippen LogP contribution < -0.4 is 0 Å². The fraction of sp³-hybridized carbons (Fsp3) is 0.667. The van der Waals surface area contributed by atoms with Gasteiger partial charge in [-0.1, -0.05) is 32.1 Å². The Morgan fingerprint density at radius 1 is 1.44 bits per heavy atom. The van der Waals surface area contributed by atoms with Gasteiger partial charge in [0.1, 0.15) is 0 Å². The largest absolute Gasteiger partial charge is 0.295 e. The van der Waals surface area contributed by atoms with Crippen LogP contribution in [0, 0.1) is 17.3 Å². The standard InChI is InChI=1S/C15H22O/c1-10-6-5-7-11(2)14(16)8-13-12(10)9-15(13,3)4/h7,12-13H,1,5-6,8-9H2,2-4H3/b11-7+/t12-,13-/m0/s1. The average molecular weight is 218 g/mol. The highest BCUT2D eigenvalue weighted by Gasteiger charge is 2.48. The molecule has 88 valence electrons. The van der Waals surface area contributed by atoms with E-state index < -0.39 is 0 Å². The molecule has 2 aliphatic rings. The van der Waals surface area contributed by atoms with Crippen LogP contribution in [0.3, 0.4) is 0 Å². The third kappa shape index (κ3) is 1.88. The first kappa shape index (κ1) is 11.6. The average Bonchev–Trinajstić information content (AvgIpc) is 2.24. The van der Waals surface area contributed by atoms with Gasteiger partial charge in [0.25, 0.3) is 0 Å². The Bertz CT molecular complexity index is 360. The number of rotatable bonds is 0. The number of allylic oxidation sites excluding steroid dienone is 3. The summed E-state index contributed by atoms with van der Waals surface area (Å²) in [6.07, 6.45) is 6.06. The lowest BCUT2D eigenvalue weighted by molar-refractivity contribution is -0.120. The fourth-order valence-corrected chi connectivity index (χ4v) is 3.23. The van der Waals surface area contributed by atoms with Crippen molar-refractivity contribution in [1.29, 1.82) is 0 Å². The summed E-state index contributed by atoms with van der Waals surface area (Å²) in [6.45, 7) is 10.7. The number of Topliss-reactive ketones (excluding diaryl/α,β-unsaturated/α-hetero) is 1. The highest BCUT2D eigenvalue weighted by atomic mass is 16.1. The highest BCUT2D eigenvalue weighted by molar-refractivity contribution is 5.95. The van der Waals surface area contributed by atoms with Gasteiger partial charge in [-0.05, 0) is 49.0 Å². The lowest BCUT2D eigenvalue weighted by Gasteiger charge is -2.52. The van der Waals surface area contributed by atoms with Gasteiger partial charge in [-0.15, -0.1) is 0 Å². The zero-order valence-corrected chi connectivity index (χ0v) is 10.7. The molecule has 2 atom stereocenters. The molecule has 0 aromatic carbocycles. The van der Waals surface area contributed by atoms with Crippen LogP contribution in [0.2, 0.25) is 0 Å². The molecule has 0 aromatic heterocycles. The second-order valence-electron chi connectivity index (χ2n) is 6.12. The van der Waals surface area contributed by atoms with Crippen molar-refractivity contribution in [1.82, 2.24) is 0 Å². The minimum Gasteiger partial charge on any atom is -0.295 e. The van der Waals surface area contributed by atoms with Crippen LogP contribution in [0.5, 0.6) is 0 Å². The van der Waals surface area contributed by atoms with E-state index in [1.807, 2.05) is 6.92 Å². The Kier molecular flexibility index (Phi) is 2.81. The lowest BCUT2D eigenvalue weighted by Crippen LogP contribution is -2.45. The van der Waals surface area contributed by atoms with Crippen LogP contribution in [-0.4, -0.2) is 5.78 Å². The van der Waals surface area contributed by atoms with Crippen LogP contribution in [-0.2, 0) is 4.79 Å². The molecule has 2 rings (SSSR count). The van der Waals surface area contributed by atoms with E-state index in [1.54, 1.807) is 0 Å². The number of ketones is 1. The Hall–Kier alpha value is -0.850. The first-order chi connectivity index (χ1) is 7.42. The molecular weight excluding hydrogens is 196 g/mol. The molecule has 0 heterocycles. The molecule has 0 saturated heterocycles. The van der Waals surface area contributed by atoms with E-state index in [4.69, 9.17) is 0 Å². The third-order valence-corrected chi connectivity index (χ3v) is 4.52. The topological polar surface area (TPSA) is 17.1 Å². The first-order valence-electron chi connectivity index (χ1n) is 6.29. The second-order valence-corrected chi connectivity index (χ2v) is 6.12. The lowest BCUT2D eigenvalue weighted by atomic mass is 9.52. The van der Waals surface area contributed by atoms with E-state index in [2.05, 4.69) is 26.5 Å². The van der Waals surface area contributed by atoms with E-state index in [0.717, 1.165) is 24.8 Å². The highest BCUT2D eigenvalue weighted by Crippen LogP contribution is 2.56. The van der Waals surface area contributed by atoms with Gasteiger partial charge in [0.05, 0.1) is 0 Å². The Balaban J connectivity index is 2.22. The quantitative estimate of drug-likeness (QED) is 0.563. The maximum Gasteiger partial charge on any atom is 0.158 e. The molecule has 0 spiro atoms. The second kappa shape index (κ2) is 3.87. The predicted molar refractivity (Wildman–Crippen MR) is 67.1 cm³/mol. The minimum absolute atomic E-state index is 0.327. The molecule has 2 aliphatic carbocycles. The van der Waals surface area contributed by atoms with Crippen molar-refractivity contribution in [2.45, 2.75) is 46.5 Å². The summed E-state index contributed by atoms with van der Waals surface area (Å²) in [6, 6.07) is 0. The van der Waals surface area contributed by atoms with Crippen molar-refractivity contribution in [3.8, 4) is 0 Å². The molecule has 0 N–H and O–H groups in total. The van der Waals surface area contributed by atoms with Crippen molar-refractivity contribution in [3.63, 3.8) is 0 Å².